The van der Waals surface area contributed by atoms with Crippen LogP contribution in [0.4, 0.5) is 5.69 Å². The maximum absolute atomic E-state index is 11.8. The Labute approximate surface area is 140 Å². The monoisotopic (exact) mass is 324 g/mol. The molecule has 0 radical (unpaired) electrons. The molecule has 1 saturated heterocycles. The van der Waals surface area contributed by atoms with Gasteiger partial charge in [0.05, 0.1) is 5.56 Å². The molecule has 5 heteroatoms. The molecule has 124 valence electrons. The van der Waals surface area contributed by atoms with Crippen molar-refractivity contribution in [3.8, 4) is 0 Å². The lowest BCUT2D eigenvalue weighted by Gasteiger charge is -2.16. The van der Waals surface area contributed by atoms with E-state index >= 15 is 0 Å². The Morgan fingerprint density at radius 1 is 1.08 bits per heavy atom. The van der Waals surface area contributed by atoms with Crippen molar-refractivity contribution in [1.29, 1.82) is 0 Å². The van der Waals surface area contributed by atoms with Crippen LogP contribution < -0.4 is 10.2 Å². The molecule has 1 fully saturated rings. The molecule has 0 aliphatic carbocycles. The van der Waals surface area contributed by atoms with E-state index in [0.29, 0.717) is 25.1 Å². The molecule has 0 atom stereocenters. The van der Waals surface area contributed by atoms with Crippen LogP contribution in [0.1, 0.15) is 34.3 Å². The van der Waals surface area contributed by atoms with Crippen LogP contribution in [-0.4, -0.2) is 23.5 Å². The van der Waals surface area contributed by atoms with E-state index in [2.05, 4.69) is 5.32 Å². The summed E-state index contributed by atoms with van der Waals surface area (Å²) in [6.07, 6.45) is 1.55. The first-order valence-electron chi connectivity index (χ1n) is 8.06. The fourth-order valence-electron chi connectivity index (χ4n) is 2.92. The van der Waals surface area contributed by atoms with Crippen LogP contribution in [0.15, 0.2) is 48.5 Å². The summed E-state index contributed by atoms with van der Waals surface area (Å²) in [7, 11) is 0. The summed E-state index contributed by atoms with van der Waals surface area (Å²) in [5.74, 6) is -0.731. The second-order valence-electron chi connectivity index (χ2n) is 5.93. The predicted molar refractivity (Wildman–Crippen MR) is 92.0 cm³/mol. The average Bonchev–Trinajstić information content (AvgIpc) is 3.01. The van der Waals surface area contributed by atoms with Gasteiger partial charge in [0.15, 0.2) is 0 Å². The third kappa shape index (κ3) is 3.81. The van der Waals surface area contributed by atoms with Gasteiger partial charge in [-0.2, -0.15) is 0 Å². The van der Waals surface area contributed by atoms with Crippen LogP contribution in [0.25, 0.3) is 0 Å². The zero-order valence-corrected chi connectivity index (χ0v) is 13.4. The number of carboxylic acid groups (broad SMARTS) is 1. The summed E-state index contributed by atoms with van der Waals surface area (Å²) in [5.41, 5.74) is 3.27. The van der Waals surface area contributed by atoms with Crippen molar-refractivity contribution in [2.75, 3.05) is 11.4 Å². The van der Waals surface area contributed by atoms with E-state index in [4.69, 9.17) is 5.11 Å². The molecule has 0 aromatic heterocycles. The van der Waals surface area contributed by atoms with Gasteiger partial charge < -0.3 is 15.3 Å². The largest absolute Gasteiger partial charge is 0.478 e. The number of amides is 1. The molecule has 0 saturated carbocycles. The van der Waals surface area contributed by atoms with Gasteiger partial charge in [-0.15, -0.1) is 0 Å². The normalized spacial score (nSPS) is 14.2. The van der Waals surface area contributed by atoms with E-state index in [1.807, 2.05) is 35.2 Å². The highest BCUT2D eigenvalue weighted by molar-refractivity contribution is 5.95. The molecule has 3 rings (SSSR count). The van der Waals surface area contributed by atoms with Gasteiger partial charge in [-0.05, 0) is 41.8 Å². The first-order valence-corrected chi connectivity index (χ1v) is 8.06. The van der Waals surface area contributed by atoms with E-state index in [0.717, 1.165) is 29.8 Å². The molecule has 2 N–H and O–H groups in total. The third-order valence-corrected chi connectivity index (χ3v) is 4.13. The third-order valence-electron chi connectivity index (χ3n) is 4.13. The van der Waals surface area contributed by atoms with Crippen molar-refractivity contribution in [1.82, 2.24) is 5.32 Å². The summed E-state index contributed by atoms with van der Waals surface area (Å²) in [6.45, 7) is 2.04. The second-order valence-corrected chi connectivity index (χ2v) is 5.93. The fraction of sp³-hybridized carbons (Fsp3) is 0.263. The van der Waals surface area contributed by atoms with E-state index in [1.165, 1.54) is 0 Å². The van der Waals surface area contributed by atoms with Crippen LogP contribution in [0.5, 0.6) is 0 Å². The minimum absolute atomic E-state index is 0.186. The van der Waals surface area contributed by atoms with Gasteiger partial charge >= 0.3 is 5.97 Å². The van der Waals surface area contributed by atoms with Crippen molar-refractivity contribution in [3.63, 3.8) is 0 Å². The Morgan fingerprint density at radius 2 is 1.79 bits per heavy atom. The highest BCUT2D eigenvalue weighted by atomic mass is 16.4. The van der Waals surface area contributed by atoms with E-state index in [-0.39, 0.29) is 5.91 Å². The van der Waals surface area contributed by atoms with E-state index in [1.54, 1.807) is 18.2 Å². The molecular formula is C19H20N2O3. The molecule has 1 aliphatic rings. The summed E-state index contributed by atoms with van der Waals surface area (Å²) in [5, 5.41) is 12.3. The number of carboxylic acids is 1. The first-order chi connectivity index (χ1) is 11.6. The Hall–Kier alpha value is -2.66. The maximum atomic E-state index is 11.8. The Morgan fingerprint density at radius 3 is 2.46 bits per heavy atom. The molecule has 2 aromatic rings. The molecule has 0 bridgehead atoms. The van der Waals surface area contributed by atoms with Crippen LogP contribution in [0, 0.1) is 0 Å². The van der Waals surface area contributed by atoms with E-state index < -0.39 is 5.97 Å². The Bertz CT molecular complexity index is 758. The molecule has 1 amide bonds. The number of nitrogens with zero attached hydrogens (tertiary/aromatic N) is 1. The van der Waals surface area contributed by atoms with Crippen LogP contribution >= 0.6 is 0 Å². The zero-order chi connectivity index (χ0) is 16.9. The number of carbonyl (C=O) groups excluding carboxylic acids is 1. The number of hydrogen-bond acceptors (Lipinski definition) is 3. The lowest BCUT2D eigenvalue weighted by molar-refractivity contribution is -0.117. The minimum atomic E-state index is -0.917. The van der Waals surface area contributed by atoms with Gasteiger partial charge in [-0.1, -0.05) is 24.3 Å². The molecule has 5 nitrogen and oxygen atoms in total. The molecule has 2 aromatic carbocycles. The summed E-state index contributed by atoms with van der Waals surface area (Å²) in [4.78, 5) is 24.7. The summed E-state index contributed by atoms with van der Waals surface area (Å²) < 4.78 is 0. The SMILES string of the molecule is O=C(O)c1cccc(CNCc2cccc(N3CCCC3=O)c2)c1. The Balaban J connectivity index is 1.60. The van der Waals surface area contributed by atoms with Crippen LogP contribution in [0.3, 0.4) is 0 Å². The van der Waals surface area contributed by atoms with Gasteiger partial charge in [0.2, 0.25) is 5.91 Å². The Kier molecular flexibility index (Phi) is 4.91. The maximum Gasteiger partial charge on any atom is 0.335 e. The average molecular weight is 324 g/mol. The first kappa shape index (κ1) is 16.2. The highest BCUT2D eigenvalue weighted by Crippen LogP contribution is 2.22. The van der Waals surface area contributed by atoms with Crippen molar-refractivity contribution >= 4 is 17.6 Å². The van der Waals surface area contributed by atoms with Crippen molar-refractivity contribution in [2.45, 2.75) is 25.9 Å². The quantitative estimate of drug-likeness (QED) is 0.857. The fourth-order valence-corrected chi connectivity index (χ4v) is 2.92. The number of hydrogen-bond donors (Lipinski definition) is 2. The van der Waals surface area contributed by atoms with Gasteiger partial charge in [-0.3, -0.25) is 4.79 Å². The van der Waals surface area contributed by atoms with Gasteiger partial charge in [0.25, 0.3) is 0 Å². The molecule has 1 aliphatic heterocycles. The van der Waals surface area contributed by atoms with Gasteiger partial charge in [-0.25, -0.2) is 4.79 Å². The van der Waals surface area contributed by atoms with Crippen molar-refractivity contribution in [3.05, 3.63) is 65.2 Å². The molecule has 24 heavy (non-hydrogen) atoms. The van der Waals surface area contributed by atoms with Crippen molar-refractivity contribution < 1.29 is 14.7 Å². The summed E-state index contributed by atoms with van der Waals surface area (Å²) >= 11 is 0. The van der Waals surface area contributed by atoms with Crippen LogP contribution in [-0.2, 0) is 17.9 Å². The molecular weight excluding hydrogens is 304 g/mol. The van der Waals surface area contributed by atoms with Gasteiger partial charge in [0, 0.05) is 31.7 Å². The molecule has 1 heterocycles. The lowest BCUT2D eigenvalue weighted by Crippen LogP contribution is -2.23. The van der Waals surface area contributed by atoms with E-state index in [9.17, 15) is 9.59 Å². The smallest absolute Gasteiger partial charge is 0.335 e. The number of nitrogens with one attached hydrogen (secondary N) is 1. The number of carbonyl (C=O) groups is 2. The number of anilines is 1. The second kappa shape index (κ2) is 7.27. The number of rotatable bonds is 6. The minimum Gasteiger partial charge on any atom is -0.478 e. The molecule has 0 spiro atoms. The molecule has 0 unspecified atom stereocenters. The standard InChI is InChI=1S/C19H20N2O3/c22-18-8-3-9-21(18)17-7-2-5-15(11-17)13-20-12-14-4-1-6-16(10-14)19(23)24/h1-2,4-7,10-11,20H,3,8-9,12-13H2,(H,23,24). The lowest BCUT2D eigenvalue weighted by atomic mass is 10.1. The highest BCUT2D eigenvalue weighted by Gasteiger charge is 2.21. The number of benzene rings is 2. The predicted octanol–water partition coefficient (Wildman–Crippen LogP) is 2.80. The zero-order valence-electron chi connectivity index (χ0n) is 13.4. The number of aromatic carboxylic acids is 1. The topological polar surface area (TPSA) is 69.6 Å². The van der Waals surface area contributed by atoms with Crippen LogP contribution in [0.2, 0.25) is 0 Å². The van der Waals surface area contributed by atoms with Gasteiger partial charge in [0.1, 0.15) is 0 Å². The summed E-state index contributed by atoms with van der Waals surface area (Å²) in [6, 6.07) is 14.9. The van der Waals surface area contributed by atoms with Crippen molar-refractivity contribution in [2.24, 2.45) is 0 Å².